The van der Waals surface area contributed by atoms with E-state index in [0.717, 1.165) is 33.7 Å². The van der Waals surface area contributed by atoms with E-state index in [1.54, 1.807) is 11.8 Å². The van der Waals surface area contributed by atoms with E-state index < -0.39 is 0 Å². The molecule has 0 radical (unpaired) electrons. The van der Waals surface area contributed by atoms with Gasteiger partial charge in [0.05, 0.1) is 22.2 Å². The van der Waals surface area contributed by atoms with Gasteiger partial charge in [-0.3, -0.25) is 0 Å². The molecule has 0 fully saturated rings. The van der Waals surface area contributed by atoms with Gasteiger partial charge in [0.25, 0.3) is 0 Å². The zero-order valence-corrected chi connectivity index (χ0v) is 26.5. The Hall–Kier alpha value is -5.97. The van der Waals surface area contributed by atoms with Crippen LogP contribution in [-0.4, -0.2) is 14.5 Å². The Bertz CT molecular complexity index is 2970. The largest absolute Gasteiger partial charge is 0.309 e. The Morgan fingerprint density at radius 3 is 2.08 bits per heavy atom. The molecule has 0 N–H and O–H groups in total. The van der Waals surface area contributed by atoms with E-state index in [4.69, 9.17) is 9.97 Å². The third-order valence-corrected chi connectivity index (χ3v) is 11.1. The van der Waals surface area contributed by atoms with Gasteiger partial charge in [0.2, 0.25) is 0 Å². The molecule has 2 aromatic heterocycles. The smallest absolute Gasteiger partial charge is 0.160 e. The summed E-state index contributed by atoms with van der Waals surface area (Å²) in [5.41, 5.74) is 7.70. The van der Waals surface area contributed by atoms with Gasteiger partial charge in [-0.05, 0) is 75.5 Å². The fraction of sp³-hybridized carbons (Fsp3) is 0. The third-order valence-electron chi connectivity index (χ3n) is 9.96. The Morgan fingerprint density at radius 1 is 0.458 bits per heavy atom. The second-order valence-corrected chi connectivity index (χ2v) is 13.6. The van der Waals surface area contributed by atoms with Crippen molar-refractivity contribution in [3.05, 3.63) is 152 Å². The highest BCUT2D eigenvalue weighted by Crippen LogP contribution is 2.47. The number of fused-ring (bicyclic) bond motifs is 12. The molecule has 0 aliphatic carbocycles. The molecule has 222 valence electrons. The van der Waals surface area contributed by atoms with Crippen molar-refractivity contribution in [3.8, 4) is 28.3 Å². The summed E-state index contributed by atoms with van der Waals surface area (Å²) < 4.78 is 2.44. The molecule has 8 aromatic carbocycles. The van der Waals surface area contributed by atoms with E-state index in [9.17, 15) is 0 Å². The van der Waals surface area contributed by atoms with Crippen LogP contribution in [0.5, 0.6) is 0 Å². The fourth-order valence-corrected chi connectivity index (χ4v) is 9.01. The number of benzene rings is 8. The normalized spacial score (nSPS) is 12.5. The highest BCUT2D eigenvalue weighted by atomic mass is 32.2. The lowest BCUT2D eigenvalue weighted by Gasteiger charge is -2.19. The molecule has 0 saturated carbocycles. The molecule has 0 amide bonds. The average molecular weight is 628 g/mol. The van der Waals surface area contributed by atoms with Gasteiger partial charge in [0, 0.05) is 48.2 Å². The Kier molecular flexibility index (Phi) is 5.32. The highest BCUT2D eigenvalue weighted by Gasteiger charge is 2.23. The maximum absolute atomic E-state index is 5.20. The van der Waals surface area contributed by atoms with Crippen LogP contribution in [0.25, 0.3) is 93.4 Å². The number of para-hydroxylation sites is 1. The molecule has 0 spiro atoms. The van der Waals surface area contributed by atoms with Crippen molar-refractivity contribution >= 4 is 76.8 Å². The van der Waals surface area contributed by atoms with Crippen LogP contribution in [-0.2, 0) is 0 Å². The van der Waals surface area contributed by atoms with E-state index >= 15 is 0 Å². The van der Waals surface area contributed by atoms with Crippen LogP contribution in [0.15, 0.2) is 161 Å². The predicted molar refractivity (Wildman–Crippen MR) is 201 cm³/mol. The molecule has 1 aliphatic heterocycles. The van der Waals surface area contributed by atoms with Crippen molar-refractivity contribution in [3.63, 3.8) is 0 Å². The second kappa shape index (κ2) is 9.77. The molecular formula is C44H25N3S. The van der Waals surface area contributed by atoms with E-state index in [0.29, 0.717) is 0 Å². The first-order valence-electron chi connectivity index (χ1n) is 16.3. The van der Waals surface area contributed by atoms with Crippen molar-refractivity contribution in [2.45, 2.75) is 9.79 Å². The minimum Gasteiger partial charge on any atom is -0.309 e. The quantitative estimate of drug-likeness (QED) is 0.179. The molecular weight excluding hydrogens is 603 g/mol. The lowest BCUT2D eigenvalue weighted by atomic mass is 9.93. The van der Waals surface area contributed by atoms with E-state index in [2.05, 4.69) is 156 Å². The number of hydrogen-bond donors (Lipinski definition) is 0. The summed E-state index contributed by atoms with van der Waals surface area (Å²) in [5, 5.41) is 11.4. The molecule has 10 aromatic rings. The maximum atomic E-state index is 5.20. The summed E-state index contributed by atoms with van der Waals surface area (Å²) >= 11 is 1.80. The Morgan fingerprint density at radius 2 is 1.19 bits per heavy atom. The maximum Gasteiger partial charge on any atom is 0.160 e. The van der Waals surface area contributed by atoms with Crippen molar-refractivity contribution in [2.75, 3.05) is 0 Å². The summed E-state index contributed by atoms with van der Waals surface area (Å²) in [4.78, 5) is 12.7. The molecule has 0 saturated heterocycles. The Labute approximate surface area is 280 Å². The van der Waals surface area contributed by atoms with Crippen molar-refractivity contribution in [1.29, 1.82) is 0 Å². The van der Waals surface area contributed by atoms with Gasteiger partial charge in [-0.2, -0.15) is 0 Å². The predicted octanol–water partition coefficient (Wildman–Crippen LogP) is 12.0. The summed E-state index contributed by atoms with van der Waals surface area (Å²) in [6.07, 6.45) is 0. The van der Waals surface area contributed by atoms with Gasteiger partial charge in [-0.1, -0.05) is 115 Å². The first-order chi connectivity index (χ1) is 23.8. The highest BCUT2D eigenvalue weighted by molar-refractivity contribution is 7.99. The second-order valence-electron chi connectivity index (χ2n) is 12.5. The molecule has 1 aliphatic rings. The van der Waals surface area contributed by atoms with Crippen molar-refractivity contribution in [1.82, 2.24) is 14.5 Å². The van der Waals surface area contributed by atoms with E-state index in [1.165, 1.54) is 69.5 Å². The zero-order chi connectivity index (χ0) is 31.3. The minimum absolute atomic E-state index is 0.744. The van der Waals surface area contributed by atoms with Gasteiger partial charge in [-0.25, -0.2) is 9.97 Å². The Balaban J connectivity index is 1.16. The van der Waals surface area contributed by atoms with Gasteiger partial charge < -0.3 is 4.57 Å². The van der Waals surface area contributed by atoms with Crippen LogP contribution in [0, 0.1) is 0 Å². The topological polar surface area (TPSA) is 30.7 Å². The van der Waals surface area contributed by atoms with Crippen molar-refractivity contribution in [2.24, 2.45) is 0 Å². The summed E-state index contributed by atoms with van der Waals surface area (Å²) in [5.74, 6) is 0.744. The average Bonchev–Trinajstić information content (AvgIpc) is 3.50. The van der Waals surface area contributed by atoms with Crippen LogP contribution in [0.2, 0.25) is 0 Å². The van der Waals surface area contributed by atoms with Crippen LogP contribution < -0.4 is 0 Å². The van der Waals surface area contributed by atoms with E-state index in [1.807, 2.05) is 0 Å². The molecule has 48 heavy (non-hydrogen) atoms. The van der Waals surface area contributed by atoms with Gasteiger partial charge >= 0.3 is 0 Å². The number of aromatic nitrogens is 3. The van der Waals surface area contributed by atoms with Crippen molar-refractivity contribution < 1.29 is 0 Å². The molecule has 0 bridgehead atoms. The molecule has 3 heterocycles. The fourth-order valence-electron chi connectivity index (χ4n) is 7.90. The SMILES string of the molecule is c1ccc2c(c1)Sc1cccc3nc(-c4ccc(-n5c6ccccc6c6c7ccc8ccccc8c7c7ccccc7c65)cc4)nc-2c13. The molecule has 0 atom stereocenters. The summed E-state index contributed by atoms with van der Waals surface area (Å²) in [6, 6.07) is 54.7. The molecule has 11 rings (SSSR count). The number of hydrogen-bond acceptors (Lipinski definition) is 3. The van der Waals surface area contributed by atoms with Crippen LogP contribution in [0.1, 0.15) is 0 Å². The summed E-state index contributed by atoms with van der Waals surface area (Å²) in [7, 11) is 0. The minimum atomic E-state index is 0.744. The lowest BCUT2D eigenvalue weighted by molar-refractivity contribution is 1.17. The third kappa shape index (κ3) is 3.55. The van der Waals surface area contributed by atoms with Gasteiger partial charge in [0.15, 0.2) is 5.82 Å². The van der Waals surface area contributed by atoms with Gasteiger partial charge in [-0.15, -0.1) is 0 Å². The first-order valence-corrected chi connectivity index (χ1v) is 17.1. The van der Waals surface area contributed by atoms with Gasteiger partial charge in [0.1, 0.15) is 0 Å². The molecule has 4 heteroatoms. The monoisotopic (exact) mass is 627 g/mol. The van der Waals surface area contributed by atoms with Crippen LogP contribution in [0.3, 0.4) is 0 Å². The van der Waals surface area contributed by atoms with Crippen LogP contribution >= 0.6 is 11.8 Å². The number of nitrogens with zero attached hydrogens (tertiary/aromatic N) is 3. The number of rotatable bonds is 2. The molecule has 0 unspecified atom stereocenters. The van der Waals surface area contributed by atoms with E-state index in [-0.39, 0.29) is 0 Å². The lowest BCUT2D eigenvalue weighted by Crippen LogP contribution is -2.00. The molecule has 3 nitrogen and oxygen atoms in total. The first kappa shape index (κ1) is 26.1. The zero-order valence-electron chi connectivity index (χ0n) is 25.7. The summed E-state index contributed by atoms with van der Waals surface area (Å²) in [6.45, 7) is 0. The van der Waals surface area contributed by atoms with Crippen LogP contribution in [0.4, 0.5) is 0 Å². The standard InChI is InChI=1S/C44H25N3S/c1-2-11-29-26(10-1)22-25-34-39(29)30-12-3-4-13-31(30)43-40(34)32-14-5-7-17-36(32)47(43)28-23-20-27(21-24-28)44-45-35-16-9-19-38-41(35)42(46-44)33-15-6-8-18-37(33)48-38/h1-25H.